The third-order valence-electron chi connectivity index (χ3n) is 2.06. The molecule has 1 aromatic rings. The van der Waals surface area contributed by atoms with Gasteiger partial charge in [0.05, 0.1) is 5.69 Å². The lowest BCUT2D eigenvalue weighted by atomic mass is 10.1. The molecule has 0 amide bonds. The second-order valence-corrected chi connectivity index (χ2v) is 5.00. The van der Waals surface area contributed by atoms with Gasteiger partial charge in [0.25, 0.3) is 5.22 Å². The van der Waals surface area contributed by atoms with E-state index in [9.17, 15) is 0 Å². The van der Waals surface area contributed by atoms with Crippen molar-refractivity contribution in [2.75, 3.05) is 11.5 Å². The predicted octanol–water partition coefficient (Wildman–Crippen LogP) is 3.42. The number of thiol groups is 1. The first-order valence-electron chi connectivity index (χ1n) is 4.88. The lowest BCUT2D eigenvalue weighted by Crippen LogP contribution is -1.97. The first-order chi connectivity index (χ1) is 6.72. The fourth-order valence-electron chi connectivity index (χ4n) is 1.11. The van der Waals surface area contributed by atoms with E-state index in [1.54, 1.807) is 18.0 Å². The molecule has 1 rings (SSSR count). The molecule has 0 bridgehead atoms. The summed E-state index contributed by atoms with van der Waals surface area (Å²) in [4.78, 5) is 4.23. The van der Waals surface area contributed by atoms with Crippen LogP contribution in [0.15, 0.2) is 15.9 Å². The summed E-state index contributed by atoms with van der Waals surface area (Å²) in [7, 11) is 0. The molecular formula is C10H17NOS2. The maximum absolute atomic E-state index is 5.24. The minimum atomic E-state index is 0.746. The van der Waals surface area contributed by atoms with Gasteiger partial charge >= 0.3 is 0 Å². The van der Waals surface area contributed by atoms with Gasteiger partial charge in [-0.15, -0.1) is 0 Å². The number of oxazole rings is 1. The van der Waals surface area contributed by atoms with E-state index < -0.39 is 0 Å². The van der Waals surface area contributed by atoms with Crippen LogP contribution < -0.4 is 0 Å². The molecule has 0 aromatic carbocycles. The zero-order valence-corrected chi connectivity index (χ0v) is 10.4. The molecule has 0 radical (unpaired) electrons. The molecule has 0 saturated heterocycles. The number of thioether (sulfide) groups is 1. The zero-order valence-electron chi connectivity index (χ0n) is 8.69. The number of nitrogens with zero attached hydrogens (tertiary/aromatic N) is 1. The molecule has 0 aliphatic rings. The summed E-state index contributed by atoms with van der Waals surface area (Å²) in [6, 6.07) is 0. The SMILES string of the molecule is Cc1coc(SCCC(C)CCS)n1. The highest BCUT2D eigenvalue weighted by molar-refractivity contribution is 7.99. The Morgan fingerprint density at radius 1 is 1.57 bits per heavy atom. The Bertz CT molecular complexity index is 262. The second-order valence-electron chi connectivity index (χ2n) is 3.51. The van der Waals surface area contributed by atoms with Crippen molar-refractivity contribution in [3.05, 3.63) is 12.0 Å². The van der Waals surface area contributed by atoms with Gasteiger partial charge in [0, 0.05) is 5.75 Å². The monoisotopic (exact) mass is 231 g/mol. The molecule has 80 valence electrons. The molecule has 4 heteroatoms. The van der Waals surface area contributed by atoms with Gasteiger partial charge in [-0.1, -0.05) is 18.7 Å². The number of hydrogen-bond acceptors (Lipinski definition) is 4. The van der Waals surface area contributed by atoms with Gasteiger partial charge in [-0.25, -0.2) is 4.98 Å². The van der Waals surface area contributed by atoms with Crippen LogP contribution in [0.25, 0.3) is 0 Å². The van der Waals surface area contributed by atoms with Crippen LogP contribution in [0.5, 0.6) is 0 Å². The third-order valence-corrected chi connectivity index (χ3v) is 3.19. The fourth-order valence-corrected chi connectivity index (χ4v) is 2.57. The smallest absolute Gasteiger partial charge is 0.255 e. The van der Waals surface area contributed by atoms with E-state index in [1.165, 1.54) is 12.8 Å². The van der Waals surface area contributed by atoms with E-state index in [0.717, 1.165) is 28.3 Å². The Kier molecular flexibility index (Phi) is 5.48. The van der Waals surface area contributed by atoms with Crippen molar-refractivity contribution >= 4 is 24.4 Å². The van der Waals surface area contributed by atoms with Crippen LogP contribution in [0, 0.1) is 12.8 Å². The first-order valence-corrected chi connectivity index (χ1v) is 6.50. The highest BCUT2D eigenvalue weighted by Gasteiger charge is 2.04. The summed E-state index contributed by atoms with van der Waals surface area (Å²) < 4.78 is 5.24. The molecular weight excluding hydrogens is 214 g/mol. The molecule has 1 aromatic heterocycles. The van der Waals surface area contributed by atoms with E-state index >= 15 is 0 Å². The maximum atomic E-state index is 5.24. The van der Waals surface area contributed by atoms with E-state index in [2.05, 4.69) is 24.5 Å². The van der Waals surface area contributed by atoms with E-state index in [1.807, 2.05) is 6.92 Å². The largest absolute Gasteiger partial charge is 0.440 e. The lowest BCUT2D eigenvalue weighted by molar-refractivity contribution is 0.453. The Morgan fingerprint density at radius 3 is 2.93 bits per heavy atom. The Hall–Kier alpha value is -0.0900. The molecule has 1 heterocycles. The van der Waals surface area contributed by atoms with Crippen LogP contribution in [0.1, 0.15) is 25.5 Å². The maximum Gasteiger partial charge on any atom is 0.255 e. The van der Waals surface area contributed by atoms with Crippen LogP contribution in [-0.4, -0.2) is 16.5 Å². The minimum absolute atomic E-state index is 0.746. The quantitative estimate of drug-likeness (QED) is 0.600. The Morgan fingerprint density at radius 2 is 2.36 bits per heavy atom. The average Bonchev–Trinajstić information content (AvgIpc) is 2.52. The summed E-state index contributed by atoms with van der Waals surface area (Å²) in [5, 5.41) is 0.792. The summed E-state index contributed by atoms with van der Waals surface area (Å²) >= 11 is 5.91. The van der Waals surface area contributed by atoms with Crippen molar-refractivity contribution in [3.63, 3.8) is 0 Å². The molecule has 0 N–H and O–H groups in total. The summed E-state index contributed by atoms with van der Waals surface area (Å²) in [6.45, 7) is 4.20. The van der Waals surface area contributed by atoms with Crippen molar-refractivity contribution < 1.29 is 4.42 Å². The van der Waals surface area contributed by atoms with Gasteiger partial charge in [-0.3, -0.25) is 0 Å². The first kappa shape index (κ1) is 12.0. The average molecular weight is 231 g/mol. The normalized spacial score (nSPS) is 13.1. The van der Waals surface area contributed by atoms with Crippen LogP contribution >= 0.6 is 24.4 Å². The molecule has 1 atom stereocenters. The predicted molar refractivity (Wildman–Crippen MR) is 64.2 cm³/mol. The van der Waals surface area contributed by atoms with Crippen molar-refractivity contribution in [2.45, 2.75) is 31.9 Å². The molecule has 1 unspecified atom stereocenters. The van der Waals surface area contributed by atoms with Gasteiger partial charge in [0.15, 0.2) is 0 Å². The molecule has 0 saturated carbocycles. The summed E-state index contributed by atoms with van der Waals surface area (Å²) in [6.07, 6.45) is 4.08. The standard InChI is InChI=1S/C10H17NOS2/c1-8(3-5-13)4-6-14-10-11-9(2)7-12-10/h7-8,13H,3-6H2,1-2H3. The van der Waals surface area contributed by atoms with E-state index in [-0.39, 0.29) is 0 Å². The Balaban J connectivity index is 2.15. The van der Waals surface area contributed by atoms with Crippen LogP contribution in [0.3, 0.4) is 0 Å². The highest BCUT2D eigenvalue weighted by Crippen LogP contribution is 2.20. The Labute approximate surface area is 95.3 Å². The molecule has 0 spiro atoms. The van der Waals surface area contributed by atoms with Gasteiger partial charge in [0.2, 0.25) is 0 Å². The number of aromatic nitrogens is 1. The van der Waals surface area contributed by atoms with Crippen molar-refractivity contribution in [3.8, 4) is 0 Å². The van der Waals surface area contributed by atoms with E-state index in [0.29, 0.717) is 0 Å². The van der Waals surface area contributed by atoms with Crippen LogP contribution in [0.2, 0.25) is 0 Å². The highest BCUT2D eigenvalue weighted by atomic mass is 32.2. The third kappa shape index (κ3) is 4.42. The van der Waals surface area contributed by atoms with Gasteiger partial charge in [0.1, 0.15) is 6.26 Å². The van der Waals surface area contributed by atoms with Crippen molar-refractivity contribution in [1.29, 1.82) is 0 Å². The molecule has 0 fully saturated rings. The number of aryl methyl sites for hydroxylation is 1. The van der Waals surface area contributed by atoms with Crippen molar-refractivity contribution in [1.82, 2.24) is 4.98 Å². The van der Waals surface area contributed by atoms with E-state index in [4.69, 9.17) is 4.42 Å². The number of hydrogen-bond donors (Lipinski definition) is 1. The molecule has 0 aliphatic heterocycles. The fraction of sp³-hybridized carbons (Fsp3) is 0.700. The minimum Gasteiger partial charge on any atom is -0.440 e. The van der Waals surface area contributed by atoms with Crippen molar-refractivity contribution in [2.24, 2.45) is 5.92 Å². The van der Waals surface area contributed by atoms with Crippen LogP contribution in [-0.2, 0) is 0 Å². The van der Waals surface area contributed by atoms with Gasteiger partial charge < -0.3 is 4.42 Å². The number of rotatable bonds is 6. The van der Waals surface area contributed by atoms with Gasteiger partial charge in [-0.2, -0.15) is 12.6 Å². The molecule has 14 heavy (non-hydrogen) atoms. The summed E-state index contributed by atoms with van der Waals surface area (Å²) in [5.74, 6) is 2.80. The molecule has 0 aliphatic carbocycles. The zero-order chi connectivity index (χ0) is 10.4. The lowest BCUT2D eigenvalue weighted by Gasteiger charge is -2.07. The van der Waals surface area contributed by atoms with Crippen LogP contribution in [0.4, 0.5) is 0 Å². The topological polar surface area (TPSA) is 26.0 Å². The molecule has 2 nitrogen and oxygen atoms in total. The van der Waals surface area contributed by atoms with Gasteiger partial charge in [-0.05, 0) is 31.4 Å². The second kappa shape index (κ2) is 6.40. The summed E-state index contributed by atoms with van der Waals surface area (Å²) in [5.41, 5.74) is 0.955.